The second kappa shape index (κ2) is 6.64. The van der Waals surface area contributed by atoms with Gasteiger partial charge < -0.3 is 14.1 Å². The fourth-order valence-corrected chi connectivity index (χ4v) is 4.49. The Morgan fingerprint density at radius 3 is 3.12 bits per heavy atom. The van der Waals surface area contributed by atoms with E-state index in [1.807, 2.05) is 22.4 Å². The van der Waals surface area contributed by atoms with Crippen LogP contribution in [0.4, 0.5) is 0 Å². The Hall–Kier alpha value is -1.73. The standard InChI is InChI=1S/C17H21N3O3S/c1-11-18-19-16(23-11)8-15-14-4-5-20(9-12(14)10-22-15)17(21)7-13-3-2-6-24-13/h2-3,6,12,14-15H,4-5,7-10H2,1H3/t12-,14-,15+/m1/s1. The predicted octanol–water partition coefficient (Wildman–Crippen LogP) is 2.09. The molecule has 24 heavy (non-hydrogen) atoms. The van der Waals surface area contributed by atoms with Crippen molar-refractivity contribution >= 4 is 17.2 Å². The number of ether oxygens (including phenoxy) is 1. The summed E-state index contributed by atoms with van der Waals surface area (Å²) < 4.78 is 11.5. The van der Waals surface area contributed by atoms with E-state index in [1.54, 1.807) is 18.3 Å². The fraction of sp³-hybridized carbons (Fsp3) is 0.588. The van der Waals surface area contributed by atoms with Gasteiger partial charge in [0.1, 0.15) is 0 Å². The molecule has 7 heteroatoms. The lowest BCUT2D eigenvalue weighted by molar-refractivity contribution is -0.132. The number of hydrogen-bond acceptors (Lipinski definition) is 6. The molecule has 0 bridgehead atoms. The third-order valence-electron chi connectivity index (χ3n) is 5.00. The van der Waals surface area contributed by atoms with Gasteiger partial charge in [-0.25, -0.2) is 0 Å². The summed E-state index contributed by atoms with van der Waals surface area (Å²) in [5.74, 6) is 2.36. The van der Waals surface area contributed by atoms with Crippen LogP contribution in [-0.4, -0.2) is 46.8 Å². The number of rotatable bonds is 4. The van der Waals surface area contributed by atoms with Crippen molar-refractivity contribution in [2.45, 2.75) is 32.3 Å². The lowest BCUT2D eigenvalue weighted by Crippen LogP contribution is -2.45. The molecule has 2 aliphatic heterocycles. The minimum Gasteiger partial charge on any atom is -0.425 e. The van der Waals surface area contributed by atoms with E-state index in [0.29, 0.717) is 43.1 Å². The molecular formula is C17H21N3O3S. The maximum Gasteiger partial charge on any atom is 0.227 e. The molecule has 2 fully saturated rings. The number of amides is 1. The van der Waals surface area contributed by atoms with Crippen molar-refractivity contribution in [3.63, 3.8) is 0 Å². The smallest absolute Gasteiger partial charge is 0.227 e. The molecule has 2 aliphatic rings. The normalized spacial score (nSPS) is 26.5. The summed E-state index contributed by atoms with van der Waals surface area (Å²) in [5, 5.41) is 9.97. The highest BCUT2D eigenvalue weighted by Crippen LogP contribution is 2.36. The van der Waals surface area contributed by atoms with E-state index in [-0.39, 0.29) is 12.0 Å². The van der Waals surface area contributed by atoms with Crippen molar-refractivity contribution in [2.75, 3.05) is 19.7 Å². The van der Waals surface area contributed by atoms with Gasteiger partial charge >= 0.3 is 0 Å². The lowest BCUT2D eigenvalue weighted by atomic mass is 9.83. The number of thiophene rings is 1. The van der Waals surface area contributed by atoms with E-state index in [4.69, 9.17) is 9.15 Å². The number of aryl methyl sites for hydroxylation is 1. The van der Waals surface area contributed by atoms with Gasteiger partial charge in [-0.05, 0) is 23.8 Å². The summed E-state index contributed by atoms with van der Waals surface area (Å²) >= 11 is 1.64. The summed E-state index contributed by atoms with van der Waals surface area (Å²) in [6.07, 6.45) is 2.30. The van der Waals surface area contributed by atoms with Crippen molar-refractivity contribution < 1.29 is 13.9 Å². The largest absolute Gasteiger partial charge is 0.425 e. The van der Waals surface area contributed by atoms with E-state index in [9.17, 15) is 4.79 Å². The molecule has 0 N–H and O–H groups in total. The third-order valence-corrected chi connectivity index (χ3v) is 5.87. The highest BCUT2D eigenvalue weighted by atomic mass is 32.1. The van der Waals surface area contributed by atoms with E-state index >= 15 is 0 Å². The summed E-state index contributed by atoms with van der Waals surface area (Å²) in [4.78, 5) is 15.6. The van der Waals surface area contributed by atoms with E-state index in [2.05, 4.69) is 10.2 Å². The Kier molecular flexibility index (Phi) is 4.37. The van der Waals surface area contributed by atoms with Gasteiger partial charge in [0, 0.05) is 30.8 Å². The Morgan fingerprint density at radius 2 is 2.38 bits per heavy atom. The van der Waals surface area contributed by atoms with Crippen molar-refractivity contribution in [2.24, 2.45) is 11.8 Å². The summed E-state index contributed by atoms with van der Waals surface area (Å²) in [6, 6.07) is 4.02. The van der Waals surface area contributed by atoms with Crippen LogP contribution in [0.3, 0.4) is 0 Å². The number of nitrogens with zero attached hydrogens (tertiary/aromatic N) is 3. The van der Waals surface area contributed by atoms with Crippen LogP contribution in [0.5, 0.6) is 0 Å². The van der Waals surface area contributed by atoms with Gasteiger partial charge in [-0.15, -0.1) is 21.5 Å². The van der Waals surface area contributed by atoms with Crippen molar-refractivity contribution in [1.29, 1.82) is 0 Å². The van der Waals surface area contributed by atoms with Crippen molar-refractivity contribution in [1.82, 2.24) is 15.1 Å². The third kappa shape index (κ3) is 3.23. The highest BCUT2D eigenvalue weighted by molar-refractivity contribution is 7.10. The van der Waals surface area contributed by atoms with Gasteiger partial charge in [-0.1, -0.05) is 6.07 Å². The fourth-order valence-electron chi connectivity index (χ4n) is 3.79. The maximum absolute atomic E-state index is 12.5. The molecule has 128 valence electrons. The maximum atomic E-state index is 12.5. The van der Waals surface area contributed by atoms with E-state index < -0.39 is 0 Å². The van der Waals surface area contributed by atoms with Crippen LogP contribution in [-0.2, 0) is 22.4 Å². The van der Waals surface area contributed by atoms with Crippen molar-refractivity contribution in [3.05, 3.63) is 34.2 Å². The van der Waals surface area contributed by atoms with Crippen LogP contribution in [0.1, 0.15) is 23.1 Å². The molecule has 0 radical (unpaired) electrons. The van der Waals surface area contributed by atoms with E-state index in [1.165, 1.54) is 0 Å². The molecule has 2 aromatic heterocycles. The lowest BCUT2D eigenvalue weighted by Gasteiger charge is -2.35. The molecule has 3 atom stereocenters. The number of aromatic nitrogens is 2. The Balaban J connectivity index is 1.34. The van der Waals surface area contributed by atoms with Crippen molar-refractivity contribution in [3.8, 4) is 0 Å². The number of likely N-dealkylation sites (tertiary alicyclic amines) is 1. The Labute approximate surface area is 144 Å². The molecule has 1 amide bonds. The summed E-state index contributed by atoms with van der Waals surface area (Å²) in [5.41, 5.74) is 0. The first-order valence-electron chi connectivity index (χ1n) is 8.40. The van der Waals surface area contributed by atoms with Crippen LogP contribution in [0, 0.1) is 18.8 Å². The zero-order chi connectivity index (χ0) is 16.5. The molecule has 2 saturated heterocycles. The SMILES string of the molecule is Cc1nnc(C[C@@H]2OC[C@H]3CN(C(=O)Cc4cccs4)CC[C@H]32)o1. The van der Waals surface area contributed by atoms with E-state index in [0.717, 1.165) is 24.4 Å². The average molecular weight is 347 g/mol. The molecule has 2 aromatic rings. The van der Waals surface area contributed by atoms with Gasteiger partial charge in [0.25, 0.3) is 0 Å². The Bertz CT molecular complexity index is 700. The number of fused-ring (bicyclic) bond motifs is 1. The van der Waals surface area contributed by atoms with Crippen LogP contribution in [0.25, 0.3) is 0 Å². The monoisotopic (exact) mass is 347 g/mol. The van der Waals surface area contributed by atoms with Gasteiger partial charge in [0.05, 0.1) is 25.6 Å². The van der Waals surface area contributed by atoms with Gasteiger partial charge in [-0.3, -0.25) is 4.79 Å². The van der Waals surface area contributed by atoms with Gasteiger partial charge in [-0.2, -0.15) is 0 Å². The molecule has 0 aliphatic carbocycles. The van der Waals surface area contributed by atoms with Crippen LogP contribution >= 0.6 is 11.3 Å². The van der Waals surface area contributed by atoms with Gasteiger partial charge in [0.2, 0.25) is 17.7 Å². The quantitative estimate of drug-likeness (QED) is 0.847. The van der Waals surface area contributed by atoms with Crippen LogP contribution in [0.15, 0.2) is 21.9 Å². The average Bonchev–Trinajstić information content (AvgIpc) is 3.30. The summed E-state index contributed by atoms with van der Waals surface area (Å²) in [7, 11) is 0. The predicted molar refractivity (Wildman–Crippen MR) is 88.7 cm³/mol. The summed E-state index contributed by atoms with van der Waals surface area (Å²) in [6.45, 7) is 4.13. The molecule has 0 unspecified atom stereocenters. The molecule has 6 nitrogen and oxygen atoms in total. The number of carbonyl (C=O) groups is 1. The topological polar surface area (TPSA) is 68.5 Å². The Morgan fingerprint density at radius 1 is 1.46 bits per heavy atom. The second-order valence-electron chi connectivity index (χ2n) is 6.60. The zero-order valence-electron chi connectivity index (χ0n) is 13.7. The molecular weight excluding hydrogens is 326 g/mol. The number of piperidine rings is 1. The molecule has 0 saturated carbocycles. The van der Waals surface area contributed by atoms with Crippen LogP contribution < -0.4 is 0 Å². The zero-order valence-corrected chi connectivity index (χ0v) is 14.5. The highest BCUT2D eigenvalue weighted by Gasteiger charge is 2.42. The van der Waals surface area contributed by atoms with Gasteiger partial charge in [0.15, 0.2) is 0 Å². The number of carbonyl (C=O) groups excluding carboxylic acids is 1. The molecule has 0 aromatic carbocycles. The number of hydrogen-bond donors (Lipinski definition) is 0. The second-order valence-corrected chi connectivity index (χ2v) is 7.63. The molecule has 0 spiro atoms. The minimum atomic E-state index is 0.129. The first-order chi connectivity index (χ1) is 11.7. The molecule has 4 heterocycles. The molecule has 4 rings (SSSR count). The minimum absolute atomic E-state index is 0.129. The first kappa shape index (κ1) is 15.8. The van der Waals surface area contributed by atoms with Crippen LogP contribution in [0.2, 0.25) is 0 Å². The first-order valence-corrected chi connectivity index (χ1v) is 9.28.